The summed E-state index contributed by atoms with van der Waals surface area (Å²) < 4.78 is 0. The molecule has 0 amide bonds. The largest absolute Gasteiger partial charge is 0.329 e. The van der Waals surface area contributed by atoms with E-state index in [-0.39, 0.29) is 0 Å². The lowest BCUT2D eigenvalue weighted by Gasteiger charge is -2.39. The molecular formula is C18H31N3. The maximum Gasteiger partial charge on any atom is 0.0470 e. The van der Waals surface area contributed by atoms with Crippen molar-refractivity contribution in [2.45, 2.75) is 44.7 Å². The molecule has 1 aliphatic rings. The van der Waals surface area contributed by atoms with Crippen LogP contribution < -0.4 is 5.73 Å². The van der Waals surface area contributed by atoms with Crippen LogP contribution in [0.25, 0.3) is 0 Å². The quantitative estimate of drug-likeness (QED) is 0.904. The predicted octanol–water partition coefficient (Wildman–Crippen LogP) is 2.84. The lowest BCUT2D eigenvalue weighted by atomic mass is 9.96. The number of rotatable bonds is 5. The van der Waals surface area contributed by atoms with Crippen LogP contribution >= 0.6 is 0 Å². The van der Waals surface area contributed by atoms with Crippen LogP contribution in [0.3, 0.4) is 0 Å². The number of piperidine rings is 1. The van der Waals surface area contributed by atoms with E-state index in [9.17, 15) is 0 Å². The lowest BCUT2D eigenvalue weighted by Crippen LogP contribution is -2.45. The van der Waals surface area contributed by atoms with Crippen LogP contribution in [0.2, 0.25) is 0 Å². The van der Waals surface area contributed by atoms with Gasteiger partial charge in [-0.1, -0.05) is 38.1 Å². The Bertz CT molecular complexity index is 417. The van der Waals surface area contributed by atoms with Gasteiger partial charge in [-0.25, -0.2) is 0 Å². The Morgan fingerprint density at radius 2 is 1.62 bits per heavy atom. The monoisotopic (exact) mass is 289 g/mol. The van der Waals surface area contributed by atoms with Gasteiger partial charge in [0.05, 0.1) is 0 Å². The molecule has 3 nitrogen and oxygen atoms in total. The van der Waals surface area contributed by atoms with E-state index in [1.54, 1.807) is 0 Å². The molecule has 1 aromatic rings. The third-order valence-corrected chi connectivity index (χ3v) is 4.88. The lowest BCUT2D eigenvalue weighted by molar-refractivity contribution is 0.111. The van der Waals surface area contributed by atoms with Crippen LogP contribution in [-0.2, 0) is 0 Å². The second kappa shape index (κ2) is 7.39. The van der Waals surface area contributed by atoms with E-state index in [1.807, 2.05) is 0 Å². The van der Waals surface area contributed by atoms with E-state index in [1.165, 1.54) is 24.0 Å². The summed E-state index contributed by atoms with van der Waals surface area (Å²) in [5.74, 6) is 0.589. The first-order chi connectivity index (χ1) is 10.0. The molecule has 21 heavy (non-hydrogen) atoms. The molecule has 3 heteroatoms. The average Bonchev–Trinajstić information content (AvgIpc) is 2.49. The third-order valence-electron chi connectivity index (χ3n) is 4.88. The molecule has 1 unspecified atom stereocenters. The Morgan fingerprint density at radius 3 is 2.05 bits per heavy atom. The van der Waals surface area contributed by atoms with Crippen LogP contribution in [0.5, 0.6) is 0 Å². The number of likely N-dealkylation sites (tertiary alicyclic amines) is 1. The molecule has 0 radical (unpaired) electrons. The molecule has 1 heterocycles. The van der Waals surface area contributed by atoms with E-state index in [0.29, 0.717) is 18.5 Å². The molecule has 0 bridgehead atoms. The standard InChI is InChI=1S/C18H31N3/c1-14(2)15-5-7-16(8-6-15)18(13-19)21-11-9-17(10-12-21)20(3)4/h5-8,14,17-18H,9-13,19H2,1-4H3. The molecular weight excluding hydrogens is 258 g/mol. The zero-order chi connectivity index (χ0) is 15.4. The van der Waals surface area contributed by atoms with Gasteiger partial charge in [-0.05, 0) is 44.0 Å². The summed E-state index contributed by atoms with van der Waals surface area (Å²) in [6, 6.07) is 10.2. The van der Waals surface area contributed by atoms with E-state index < -0.39 is 0 Å². The highest BCUT2D eigenvalue weighted by Crippen LogP contribution is 2.26. The molecule has 1 fully saturated rings. The van der Waals surface area contributed by atoms with Gasteiger partial charge in [-0.15, -0.1) is 0 Å². The van der Waals surface area contributed by atoms with Gasteiger partial charge in [0.15, 0.2) is 0 Å². The number of benzene rings is 1. The molecule has 0 saturated carbocycles. The summed E-state index contributed by atoms with van der Waals surface area (Å²) in [5.41, 5.74) is 8.85. The summed E-state index contributed by atoms with van der Waals surface area (Å²) in [6.07, 6.45) is 2.49. The van der Waals surface area contributed by atoms with Crippen LogP contribution in [0.1, 0.15) is 49.8 Å². The Kier molecular flexibility index (Phi) is 5.80. The molecule has 118 valence electrons. The SMILES string of the molecule is CC(C)c1ccc(C(CN)N2CCC(N(C)C)CC2)cc1. The molecule has 0 spiro atoms. The highest BCUT2D eigenvalue weighted by atomic mass is 15.2. The van der Waals surface area contributed by atoms with Gasteiger partial charge in [0.1, 0.15) is 0 Å². The van der Waals surface area contributed by atoms with E-state index in [4.69, 9.17) is 5.73 Å². The first-order valence-corrected chi connectivity index (χ1v) is 8.23. The van der Waals surface area contributed by atoms with E-state index in [0.717, 1.165) is 19.1 Å². The van der Waals surface area contributed by atoms with Crippen molar-refractivity contribution in [2.24, 2.45) is 5.73 Å². The van der Waals surface area contributed by atoms with E-state index >= 15 is 0 Å². The van der Waals surface area contributed by atoms with Crippen molar-refractivity contribution in [1.29, 1.82) is 0 Å². The molecule has 1 saturated heterocycles. The normalized spacial score (nSPS) is 19.4. The van der Waals surface area contributed by atoms with Gasteiger partial charge in [0.2, 0.25) is 0 Å². The van der Waals surface area contributed by atoms with Crippen molar-refractivity contribution in [2.75, 3.05) is 33.7 Å². The highest BCUT2D eigenvalue weighted by Gasteiger charge is 2.26. The van der Waals surface area contributed by atoms with Gasteiger partial charge < -0.3 is 10.6 Å². The Balaban J connectivity index is 2.03. The zero-order valence-corrected chi connectivity index (χ0v) is 14.0. The summed E-state index contributed by atoms with van der Waals surface area (Å²) in [5, 5.41) is 0. The van der Waals surface area contributed by atoms with Crippen LogP contribution in [0.15, 0.2) is 24.3 Å². The fourth-order valence-corrected chi connectivity index (χ4v) is 3.31. The topological polar surface area (TPSA) is 32.5 Å². The Morgan fingerprint density at radius 1 is 1.10 bits per heavy atom. The van der Waals surface area contributed by atoms with Gasteiger partial charge in [-0.3, -0.25) is 4.90 Å². The van der Waals surface area contributed by atoms with Crippen LogP contribution in [-0.4, -0.2) is 49.6 Å². The van der Waals surface area contributed by atoms with Crippen molar-refractivity contribution < 1.29 is 0 Å². The van der Waals surface area contributed by atoms with Gasteiger partial charge in [0.25, 0.3) is 0 Å². The van der Waals surface area contributed by atoms with Crippen molar-refractivity contribution in [3.63, 3.8) is 0 Å². The van der Waals surface area contributed by atoms with Gasteiger partial charge >= 0.3 is 0 Å². The number of hydrogen-bond donors (Lipinski definition) is 1. The third kappa shape index (κ3) is 4.06. The Labute approximate surface area is 130 Å². The average molecular weight is 289 g/mol. The molecule has 1 aromatic carbocycles. The van der Waals surface area contributed by atoms with Gasteiger partial charge in [-0.2, -0.15) is 0 Å². The first kappa shape index (κ1) is 16.5. The summed E-state index contributed by atoms with van der Waals surface area (Å²) >= 11 is 0. The molecule has 0 aromatic heterocycles. The molecule has 2 N–H and O–H groups in total. The van der Waals surface area contributed by atoms with Crippen molar-refractivity contribution >= 4 is 0 Å². The van der Waals surface area contributed by atoms with Crippen molar-refractivity contribution in [3.8, 4) is 0 Å². The number of nitrogens with two attached hydrogens (primary N) is 1. The van der Waals surface area contributed by atoms with Crippen LogP contribution in [0.4, 0.5) is 0 Å². The highest BCUT2D eigenvalue weighted by molar-refractivity contribution is 5.27. The molecule has 1 atom stereocenters. The summed E-state index contributed by atoms with van der Waals surface area (Å²) in [7, 11) is 4.37. The second-order valence-corrected chi connectivity index (χ2v) is 6.80. The summed E-state index contributed by atoms with van der Waals surface area (Å²) in [6.45, 7) is 7.48. The van der Waals surface area contributed by atoms with Crippen molar-refractivity contribution in [3.05, 3.63) is 35.4 Å². The maximum atomic E-state index is 6.08. The Hall–Kier alpha value is -0.900. The summed E-state index contributed by atoms with van der Waals surface area (Å²) in [4.78, 5) is 4.91. The molecule has 1 aliphatic heterocycles. The first-order valence-electron chi connectivity index (χ1n) is 8.23. The smallest absolute Gasteiger partial charge is 0.0470 e. The minimum absolute atomic E-state index is 0.370. The fourth-order valence-electron chi connectivity index (χ4n) is 3.31. The number of hydrogen-bond acceptors (Lipinski definition) is 3. The second-order valence-electron chi connectivity index (χ2n) is 6.80. The van der Waals surface area contributed by atoms with Crippen molar-refractivity contribution in [1.82, 2.24) is 9.80 Å². The van der Waals surface area contributed by atoms with Gasteiger partial charge in [0, 0.05) is 31.7 Å². The number of nitrogens with zero attached hydrogens (tertiary/aromatic N) is 2. The predicted molar refractivity (Wildman–Crippen MR) is 90.6 cm³/mol. The van der Waals surface area contributed by atoms with E-state index in [2.05, 4.69) is 62.0 Å². The fraction of sp³-hybridized carbons (Fsp3) is 0.667. The molecule has 2 rings (SSSR count). The zero-order valence-electron chi connectivity index (χ0n) is 14.0. The minimum Gasteiger partial charge on any atom is -0.329 e. The molecule has 0 aliphatic carbocycles. The van der Waals surface area contributed by atoms with Crippen LogP contribution in [0, 0.1) is 0 Å². The maximum absolute atomic E-state index is 6.08. The minimum atomic E-state index is 0.370.